The molecule has 2 rings (SSSR count). The molecule has 2 heterocycles. The molecule has 0 saturated heterocycles. The van der Waals surface area contributed by atoms with Crippen LogP contribution in [-0.2, 0) is 24.2 Å². The van der Waals surface area contributed by atoms with Crippen LogP contribution in [0.15, 0.2) is 47.6 Å². The molecule has 2 aromatic heterocycles. The molecule has 2 atom stereocenters. The van der Waals surface area contributed by atoms with Crippen LogP contribution in [0.25, 0.3) is 0 Å². The van der Waals surface area contributed by atoms with Gasteiger partial charge in [-0.05, 0) is 45.0 Å². The van der Waals surface area contributed by atoms with Gasteiger partial charge in [0.2, 0.25) is 15.9 Å². The maximum atomic E-state index is 12.6. The minimum atomic E-state index is -4.03. The first-order valence-corrected chi connectivity index (χ1v) is 10.1. The first-order valence-electron chi connectivity index (χ1n) is 8.51. The molecule has 0 bridgehead atoms. The zero-order valence-corrected chi connectivity index (χ0v) is 16.9. The topological polar surface area (TPSA) is 162 Å². The number of nitrogens with two attached hydrogens (primary N) is 1. The lowest BCUT2D eigenvalue weighted by atomic mass is 10.2. The fourth-order valence-electron chi connectivity index (χ4n) is 2.22. The predicted octanol–water partition coefficient (Wildman–Crippen LogP) is 1.11. The first-order chi connectivity index (χ1) is 13.4. The van der Waals surface area contributed by atoms with Gasteiger partial charge in [0.15, 0.2) is 10.4 Å². The third-order valence-corrected chi connectivity index (χ3v) is 5.24. The van der Waals surface area contributed by atoms with E-state index in [4.69, 9.17) is 10.5 Å². The second kappa shape index (κ2) is 8.53. The molecule has 0 saturated carbocycles. The highest BCUT2D eigenvalue weighted by Crippen LogP contribution is 2.23. The van der Waals surface area contributed by atoms with Crippen molar-refractivity contribution in [3.8, 4) is 0 Å². The van der Waals surface area contributed by atoms with Crippen LogP contribution in [0, 0.1) is 0 Å². The molecular weight excluding hydrogens is 400 g/mol. The molecule has 0 spiro atoms. The average molecular weight is 422 g/mol. The Balaban J connectivity index is 2.28. The van der Waals surface area contributed by atoms with Crippen molar-refractivity contribution in [1.82, 2.24) is 9.97 Å². The highest BCUT2D eigenvalue weighted by molar-refractivity contribution is 7.91. The molecule has 4 N–H and O–H groups in total. The Kier molecular flexibility index (Phi) is 6.55. The number of carbonyl (C=O) groups is 2. The number of pyridine rings is 2. The van der Waals surface area contributed by atoms with E-state index in [0.29, 0.717) is 0 Å². The summed E-state index contributed by atoms with van der Waals surface area (Å²) in [6.45, 7) is 4.80. The summed E-state index contributed by atoms with van der Waals surface area (Å²) in [6.07, 6.45) is 1.32. The third-order valence-electron chi connectivity index (χ3n) is 3.51. The third kappa shape index (κ3) is 5.72. The Morgan fingerprint density at radius 1 is 1.17 bits per heavy atom. The van der Waals surface area contributed by atoms with E-state index in [-0.39, 0.29) is 16.5 Å². The minimum Gasteiger partial charge on any atom is -0.479 e. The number of rotatable bonds is 7. The molecule has 0 aliphatic rings. The van der Waals surface area contributed by atoms with Crippen molar-refractivity contribution in [2.45, 2.75) is 42.8 Å². The SMILES string of the molecule is CC(C)(C)OC(=O)C(Nc1cccc(C(N)S(=O)(=O)c2ccccn2)n1)C(=O)O. The quantitative estimate of drug-likeness (QED) is 0.435. The number of aliphatic carboxylic acids is 1. The van der Waals surface area contributed by atoms with Gasteiger partial charge in [0.25, 0.3) is 0 Å². The Morgan fingerprint density at radius 3 is 2.41 bits per heavy atom. The summed E-state index contributed by atoms with van der Waals surface area (Å²) in [5, 5.41) is 10.0. The van der Waals surface area contributed by atoms with Crippen LogP contribution in [-0.4, -0.2) is 47.1 Å². The largest absolute Gasteiger partial charge is 0.479 e. The van der Waals surface area contributed by atoms with Crippen molar-refractivity contribution in [3.63, 3.8) is 0 Å². The van der Waals surface area contributed by atoms with E-state index in [2.05, 4.69) is 15.3 Å². The van der Waals surface area contributed by atoms with Crippen LogP contribution >= 0.6 is 0 Å². The van der Waals surface area contributed by atoms with Crippen molar-refractivity contribution >= 4 is 27.6 Å². The smallest absolute Gasteiger partial charge is 0.340 e. The Bertz CT molecular complexity index is 989. The minimum absolute atomic E-state index is 0.0472. The van der Waals surface area contributed by atoms with Crippen LogP contribution in [0.4, 0.5) is 5.82 Å². The number of carbonyl (C=O) groups excluding carboxylic acids is 1. The average Bonchev–Trinajstić information content (AvgIpc) is 2.64. The van der Waals surface area contributed by atoms with E-state index < -0.39 is 38.8 Å². The van der Waals surface area contributed by atoms with Crippen molar-refractivity contribution in [2.24, 2.45) is 5.73 Å². The maximum absolute atomic E-state index is 12.6. The summed E-state index contributed by atoms with van der Waals surface area (Å²) in [5.74, 6) is -2.54. The fourth-order valence-corrected chi connectivity index (χ4v) is 3.41. The molecule has 0 aliphatic carbocycles. The van der Waals surface area contributed by atoms with Gasteiger partial charge in [-0.1, -0.05) is 12.1 Å². The lowest BCUT2D eigenvalue weighted by Gasteiger charge is -2.23. The standard InChI is InChI=1S/C18H22N4O6S/c1-18(2,3)28-17(25)14(16(23)24)22-12-8-6-7-11(21-12)15(19)29(26,27)13-9-4-5-10-20-13/h4-10,14-15H,19H2,1-3H3,(H,21,22)(H,23,24). The van der Waals surface area contributed by atoms with Gasteiger partial charge in [-0.25, -0.2) is 28.0 Å². The number of hydrogen-bond donors (Lipinski definition) is 3. The molecule has 2 unspecified atom stereocenters. The van der Waals surface area contributed by atoms with E-state index in [0.717, 1.165) is 0 Å². The van der Waals surface area contributed by atoms with Gasteiger partial charge in [0, 0.05) is 6.20 Å². The summed E-state index contributed by atoms with van der Waals surface area (Å²) >= 11 is 0. The molecule has 0 amide bonds. The van der Waals surface area contributed by atoms with E-state index in [1.54, 1.807) is 26.8 Å². The second-order valence-electron chi connectivity index (χ2n) is 7.03. The van der Waals surface area contributed by atoms with Crippen LogP contribution in [0.1, 0.15) is 31.8 Å². The monoisotopic (exact) mass is 422 g/mol. The maximum Gasteiger partial charge on any atom is 0.340 e. The molecular formula is C18H22N4O6S. The molecule has 2 aromatic rings. The summed E-state index contributed by atoms with van der Waals surface area (Å²) in [4.78, 5) is 31.5. The lowest BCUT2D eigenvalue weighted by molar-refractivity contribution is -0.160. The Hall–Kier alpha value is -3.05. The fraction of sp³-hybridized carbons (Fsp3) is 0.333. The van der Waals surface area contributed by atoms with Crippen LogP contribution in [0.3, 0.4) is 0 Å². The van der Waals surface area contributed by atoms with Crippen molar-refractivity contribution < 1.29 is 27.9 Å². The van der Waals surface area contributed by atoms with Gasteiger partial charge in [-0.15, -0.1) is 0 Å². The van der Waals surface area contributed by atoms with Gasteiger partial charge in [-0.3, -0.25) is 0 Å². The van der Waals surface area contributed by atoms with Crippen LogP contribution in [0.5, 0.6) is 0 Å². The molecule has 0 aliphatic heterocycles. The number of nitrogens with zero attached hydrogens (tertiary/aromatic N) is 2. The number of nitrogens with one attached hydrogen (secondary N) is 1. The number of carboxylic acid groups (broad SMARTS) is 1. The van der Waals surface area contributed by atoms with Gasteiger partial charge in [0.1, 0.15) is 11.4 Å². The molecule has 29 heavy (non-hydrogen) atoms. The van der Waals surface area contributed by atoms with E-state index in [1.807, 2.05) is 0 Å². The van der Waals surface area contributed by atoms with Gasteiger partial charge in [0.05, 0.1) is 5.69 Å². The van der Waals surface area contributed by atoms with Crippen molar-refractivity contribution in [2.75, 3.05) is 5.32 Å². The Labute approximate surface area is 168 Å². The molecule has 0 radical (unpaired) electrons. The molecule has 156 valence electrons. The van der Waals surface area contributed by atoms with Gasteiger partial charge >= 0.3 is 11.9 Å². The molecule has 11 heteroatoms. The van der Waals surface area contributed by atoms with E-state index >= 15 is 0 Å². The second-order valence-corrected chi connectivity index (χ2v) is 9.05. The van der Waals surface area contributed by atoms with Crippen molar-refractivity contribution in [1.29, 1.82) is 0 Å². The highest BCUT2D eigenvalue weighted by atomic mass is 32.2. The molecule has 0 aromatic carbocycles. The van der Waals surface area contributed by atoms with E-state index in [9.17, 15) is 23.1 Å². The lowest BCUT2D eigenvalue weighted by Crippen LogP contribution is -2.42. The first kappa shape index (κ1) is 22.2. The molecule has 0 fully saturated rings. The number of carboxylic acids is 1. The zero-order chi connectivity index (χ0) is 21.8. The van der Waals surface area contributed by atoms with Gasteiger partial charge in [-0.2, -0.15) is 0 Å². The molecule has 10 nitrogen and oxygen atoms in total. The van der Waals surface area contributed by atoms with Crippen LogP contribution in [0.2, 0.25) is 0 Å². The van der Waals surface area contributed by atoms with E-state index in [1.165, 1.54) is 36.5 Å². The number of anilines is 1. The zero-order valence-electron chi connectivity index (χ0n) is 16.1. The summed E-state index contributed by atoms with van der Waals surface area (Å²) in [7, 11) is -4.03. The van der Waals surface area contributed by atoms with Crippen molar-refractivity contribution in [3.05, 3.63) is 48.3 Å². The highest BCUT2D eigenvalue weighted by Gasteiger charge is 2.32. The Morgan fingerprint density at radius 2 is 1.86 bits per heavy atom. The summed E-state index contributed by atoms with van der Waals surface area (Å²) in [5.41, 5.74) is 4.95. The summed E-state index contributed by atoms with van der Waals surface area (Å²) in [6, 6.07) is 6.84. The number of aromatic nitrogens is 2. The summed E-state index contributed by atoms with van der Waals surface area (Å²) < 4.78 is 30.3. The van der Waals surface area contributed by atoms with Gasteiger partial charge < -0.3 is 20.9 Å². The number of sulfone groups is 1. The van der Waals surface area contributed by atoms with Crippen LogP contribution < -0.4 is 11.1 Å². The number of hydrogen-bond acceptors (Lipinski definition) is 9. The number of esters is 1. The normalized spacial score (nSPS) is 13.9. The number of ether oxygens (including phenoxy) is 1. The predicted molar refractivity (Wildman–Crippen MR) is 103 cm³/mol.